The lowest BCUT2D eigenvalue weighted by molar-refractivity contribution is -0.384. The van der Waals surface area contributed by atoms with Crippen LogP contribution in [0.1, 0.15) is 15.9 Å². The van der Waals surface area contributed by atoms with Gasteiger partial charge in [-0.2, -0.15) is 0 Å². The van der Waals surface area contributed by atoms with Gasteiger partial charge in [0.25, 0.3) is 5.69 Å². The van der Waals surface area contributed by atoms with E-state index in [1.54, 1.807) is 12.1 Å². The van der Waals surface area contributed by atoms with Crippen molar-refractivity contribution in [1.29, 1.82) is 0 Å². The largest absolute Gasteiger partial charge is 0.380 e. The summed E-state index contributed by atoms with van der Waals surface area (Å²) >= 11 is 5.66. The van der Waals surface area contributed by atoms with Crippen molar-refractivity contribution in [2.45, 2.75) is 0 Å². The molecule has 0 aliphatic rings. The Morgan fingerprint density at radius 3 is 2.59 bits per heavy atom. The summed E-state index contributed by atoms with van der Waals surface area (Å²) in [6, 6.07) is 6.68. The quantitative estimate of drug-likeness (QED) is 0.303. The van der Waals surface area contributed by atoms with E-state index in [-0.39, 0.29) is 16.4 Å². The smallest absolute Gasteiger partial charge is 0.366 e. The number of nitro groups is 1. The van der Waals surface area contributed by atoms with Gasteiger partial charge < -0.3 is 10.6 Å². The number of rotatable bonds is 4. The van der Waals surface area contributed by atoms with Crippen molar-refractivity contribution in [1.82, 2.24) is 4.98 Å². The third-order valence-corrected chi connectivity index (χ3v) is 2.90. The minimum Gasteiger partial charge on any atom is -0.380 e. The Morgan fingerprint density at radius 2 is 1.95 bits per heavy atom. The molecule has 0 saturated heterocycles. The first-order chi connectivity index (χ1) is 10.5. The Bertz CT molecular complexity index is 749. The molecule has 0 radical (unpaired) electrons. The molecule has 0 fully saturated rings. The van der Waals surface area contributed by atoms with Gasteiger partial charge in [0.1, 0.15) is 5.02 Å². The van der Waals surface area contributed by atoms with E-state index in [1.807, 2.05) is 0 Å². The third kappa shape index (κ3) is 3.55. The molecule has 1 heterocycles. The van der Waals surface area contributed by atoms with Crippen molar-refractivity contribution in [2.24, 2.45) is 10.9 Å². The molecule has 0 unspecified atom stereocenters. The van der Waals surface area contributed by atoms with Gasteiger partial charge in [-0.25, -0.2) is 4.79 Å². The number of oxime groups is 1. The fraction of sp³-hybridized carbons (Fsp3) is 0. The Balaban J connectivity index is 2.16. The lowest BCUT2D eigenvalue weighted by Crippen LogP contribution is -2.15. The van der Waals surface area contributed by atoms with Gasteiger partial charge in [-0.15, -0.1) is 0 Å². The minimum absolute atomic E-state index is 0.0285. The molecule has 1 aromatic heterocycles. The van der Waals surface area contributed by atoms with Crippen LogP contribution in [0.5, 0.6) is 0 Å². The number of amidine groups is 1. The van der Waals surface area contributed by atoms with Gasteiger partial charge in [0.15, 0.2) is 5.84 Å². The van der Waals surface area contributed by atoms with E-state index in [0.29, 0.717) is 5.56 Å². The SMILES string of the molecule is NC(=NOC(=O)c1ccc(Cl)c([N+](=O)[O-])c1)c1ccncc1. The summed E-state index contributed by atoms with van der Waals surface area (Å²) in [5, 5.41) is 14.2. The average molecular weight is 321 g/mol. The van der Waals surface area contributed by atoms with E-state index in [0.717, 1.165) is 6.07 Å². The summed E-state index contributed by atoms with van der Waals surface area (Å²) in [5.41, 5.74) is 5.69. The molecule has 2 N–H and O–H groups in total. The second kappa shape index (κ2) is 6.64. The molecule has 0 aliphatic heterocycles. The normalized spacial score (nSPS) is 11.0. The first kappa shape index (κ1) is 15.4. The average Bonchev–Trinajstić information content (AvgIpc) is 2.53. The van der Waals surface area contributed by atoms with Crippen LogP contribution < -0.4 is 5.73 Å². The van der Waals surface area contributed by atoms with Gasteiger partial charge in [0.05, 0.1) is 10.5 Å². The fourth-order valence-electron chi connectivity index (χ4n) is 1.50. The highest BCUT2D eigenvalue weighted by Crippen LogP contribution is 2.25. The summed E-state index contributed by atoms with van der Waals surface area (Å²) in [6.45, 7) is 0. The molecular weight excluding hydrogens is 312 g/mol. The van der Waals surface area contributed by atoms with Crippen molar-refractivity contribution in [2.75, 3.05) is 0 Å². The lowest BCUT2D eigenvalue weighted by atomic mass is 10.2. The first-order valence-electron chi connectivity index (χ1n) is 5.88. The number of carbonyl (C=O) groups is 1. The summed E-state index contributed by atoms with van der Waals surface area (Å²) in [4.78, 5) is 30.3. The molecule has 0 saturated carbocycles. The molecule has 2 rings (SSSR count). The van der Waals surface area contributed by atoms with Crippen LogP contribution in [0.25, 0.3) is 0 Å². The monoisotopic (exact) mass is 320 g/mol. The Morgan fingerprint density at radius 1 is 1.27 bits per heavy atom. The van der Waals surface area contributed by atoms with Gasteiger partial charge in [0.2, 0.25) is 0 Å². The van der Waals surface area contributed by atoms with E-state index >= 15 is 0 Å². The van der Waals surface area contributed by atoms with Crippen LogP contribution in [0.4, 0.5) is 5.69 Å². The van der Waals surface area contributed by atoms with E-state index < -0.39 is 16.6 Å². The number of nitrogens with two attached hydrogens (primary N) is 1. The number of hydrogen-bond donors (Lipinski definition) is 1. The number of aromatic nitrogens is 1. The maximum absolute atomic E-state index is 11.8. The van der Waals surface area contributed by atoms with E-state index in [4.69, 9.17) is 17.3 Å². The standard InChI is InChI=1S/C13H9ClN4O4/c14-10-2-1-9(7-11(10)18(20)21)13(19)22-17-12(15)8-3-5-16-6-4-8/h1-7H,(H2,15,17). The van der Waals surface area contributed by atoms with Gasteiger partial charge in [-0.1, -0.05) is 16.8 Å². The molecule has 112 valence electrons. The predicted molar refractivity (Wildman–Crippen MR) is 78.5 cm³/mol. The van der Waals surface area contributed by atoms with E-state index in [2.05, 4.69) is 15.0 Å². The molecule has 22 heavy (non-hydrogen) atoms. The van der Waals surface area contributed by atoms with Crippen LogP contribution in [0.15, 0.2) is 47.9 Å². The Hall–Kier alpha value is -3.00. The van der Waals surface area contributed by atoms with Gasteiger partial charge in [-0.3, -0.25) is 15.1 Å². The molecule has 0 amide bonds. The number of nitro benzene ring substituents is 1. The van der Waals surface area contributed by atoms with Gasteiger partial charge in [0, 0.05) is 24.0 Å². The zero-order chi connectivity index (χ0) is 16.1. The summed E-state index contributed by atoms with van der Waals surface area (Å²) in [6.07, 6.45) is 3.00. The van der Waals surface area contributed by atoms with E-state index in [1.165, 1.54) is 24.5 Å². The first-order valence-corrected chi connectivity index (χ1v) is 6.26. The van der Waals surface area contributed by atoms with Crippen LogP contribution >= 0.6 is 11.6 Å². The number of carbonyl (C=O) groups excluding carboxylic acids is 1. The molecule has 0 spiro atoms. The van der Waals surface area contributed by atoms with Gasteiger partial charge >= 0.3 is 5.97 Å². The van der Waals surface area contributed by atoms with Crippen LogP contribution in [0.2, 0.25) is 5.02 Å². The molecule has 0 atom stereocenters. The lowest BCUT2D eigenvalue weighted by Gasteiger charge is -2.02. The highest BCUT2D eigenvalue weighted by atomic mass is 35.5. The number of halogens is 1. The molecule has 2 aromatic rings. The van der Waals surface area contributed by atoms with Crippen molar-refractivity contribution in [3.05, 3.63) is 69.0 Å². The number of benzene rings is 1. The van der Waals surface area contributed by atoms with Crippen molar-refractivity contribution in [3.63, 3.8) is 0 Å². The van der Waals surface area contributed by atoms with Crippen molar-refractivity contribution >= 4 is 29.1 Å². The van der Waals surface area contributed by atoms with Crippen LogP contribution in [0, 0.1) is 10.1 Å². The zero-order valence-electron chi connectivity index (χ0n) is 11.0. The highest BCUT2D eigenvalue weighted by Gasteiger charge is 2.17. The molecule has 8 nitrogen and oxygen atoms in total. The summed E-state index contributed by atoms with van der Waals surface area (Å²) in [7, 11) is 0. The summed E-state index contributed by atoms with van der Waals surface area (Å²) in [5.74, 6) is -0.920. The number of pyridine rings is 1. The van der Waals surface area contributed by atoms with Crippen molar-refractivity contribution < 1.29 is 14.6 Å². The van der Waals surface area contributed by atoms with Crippen LogP contribution in [-0.2, 0) is 4.84 Å². The maximum atomic E-state index is 11.8. The third-order valence-electron chi connectivity index (χ3n) is 2.58. The summed E-state index contributed by atoms with van der Waals surface area (Å²) < 4.78 is 0. The Labute approximate surface area is 129 Å². The highest BCUT2D eigenvalue weighted by molar-refractivity contribution is 6.32. The van der Waals surface area contributed by atoms with Crippen molar-refractivity contribution in [3.8, 4) is 0 Å². The second-order valence-electron chi connectivity index (χ2n) is 4.01. The predicted octanol–water partition coefficient (Wildman–Crippen LogP) is 2.12. The molecule has 1 aromatic carbocycles. The fourth-order valence-corrected chi connectivity index (χ4v) is 1.68. The maximum Gasteiger partial charge on any atom is 0.366 e. The topological polar surface area (TPSA) is 121 Å². The number of nitrogens with zero attached hydrogens (tertiary/aromatic N) is 3. The van der Waals surface area contributed by atoms with Gasteiger partial charge in [-0.05, 0) is 24.3 Å². The Kier molecular flexibility index (Phi) is 4.64. The molecule has 9 heteroatoms. The van der Waals surface area contributed by atoms with E-state index in [9.17, 15) is 14.9 Å². The second-order valence-corrected chi connectivity index (χ2v) is 4.42. The van der Waals surface area contributed by atoms with Crippen LogP contribution in [-0.4, -0.2) is 21.7 Å². The van der Waals surface area contributed by atoms with Crippen LogP contribution in [0.3, 0.4) is 0 Å². The minimum atomic E-state index is -0.892. The molecule has 0 bridgehead atoms. The zero-order valence-corrected chi connectivity index (χ0v) is 11.7. The molecular formula is C13H9ClN4O4. The number of hydrogen-bond acceptors (Lipinski definition) is 6. The molecule has 0 aliphatic carbocycles.